The Morgan fingerprint density at radius 3 is 2.48 bits per heavy atom. The first kappa shape index (κ1) is 17.8. The molecular formula is C16H30N2O3. The van der Waals surface area contributed by atoms with Crippen LogP contribution in [0.3, 0.4) is 0 Å². The van der Waals surface area contributed by atoms with Gasteiger partial charge in [0.15, 0.2) is 0 Å². The molecule has 0 aromatic rings. The predicted octanol–water partition coefficient (Wildman–Crippen LogP) is 3.24. The lowest BCUT2D eigenvalue weighted by Gasteiger charge is -2.32. The molecule has 1 aliphatic rings. The first-order valence-electron chi connectivity index (χ1n) is 8.30. The number of carboxylic acid groups (broad SMARTS) is 1. The summed E-state index contributed by atoms with van der Waals surface area (Å²) < 4.78 is 0. The fraction of sp³-hybridized carbons (Fsp3) is 0.875. The number of unbranched alkanes of at least 4 members (excludes halogenated alkanes) is 3. The Balaban J connectivity index is 2.19. The molecule has 0 aromatic carbocycles. The minimum absolute atomic E-state index is 0.00627. The second-order valence-electron chi connectivity index (χ2n) is 6.23. The summed E-state index contributed by atoms with van der Waals surface area (Å²) >= 11 is 0. The minimum atomic E-state index is -0.737. The Bertz CT molecular complexity index is 325. The Morgan fingerprint density at radius 2 is 1.90 bits per heavy atom. The number of hydrogen-bond donors (Lipinski definition) is 2. The molecule has 0 bridgehead atoms. The van der Waals surface area contributed by atoms with Crippen molar-refractivity contribution in [3.05, 3.63) is 0 Å². The second-order valence-corrected chi connectivity index (χ2v) is 6.23. The molecule has 1 saturated heterocycles. The van der Waals surface area contributed by atoms with Gasteiger partial charge in [0.1, 0.15) is 0 Å². The van der Waals surface area contributed by atoms with Crippen LogP contribution >= 0.6 is 0 Å². The van der Waals surface area contributed by atoms with Gasteiger partial charge in [-0.1, -0.05) is 32.6 Å². The van der Waals surface area contributed by atoms with E-state index in [-0.39, 0.29) is 24.4 Å². The number of carboxylic acids is 1. The molecule has 0 aliphatic carbocycles. The maximum absolute atomic E-state index is 12.1. The van der Waals surface area contributed by atoms with Crippen molar-refractivity contribution in [2.24, 2.45) is 5.92 Å². The molecule has 5 nitrogen and oxygen atoms in total. The summed E-state index contributed by atoms with van der Waals surface area (Å²) in [5, 5.41) is 11.8. The number of nitrogens with one attached hydrogen (secondary N) is 1. The maximum atomic E-state index is 12.1. The third-order valence-electron chi connectivity index (χ3n) is 4.23. The average molecular weight is 298 g/mol. The van der Waals surface area contributed by atoms with Crippen molar-refractivity contribution in [3.8, 4) is 0 Å². The van der Waals surface area contributed by atoms with E-state index in [1.54, 1.807) is 0 Å². The van der Waals surface area contributed by atoms with Crippen molar-refractivity contribution in [2.75, 3.05) is 13.1 Å². The molecule has 1 aliphatic heterocycles. The molecule has 1 heterocycles. The fourth-order valence-electron chi connectivity index (χ4n) is 2.84. The quantitative estimate of drug-likeness (QED) is 0.676. The van der Waals surface area contributed by atoms with Gasteiger partial charge in [0, 0.05) is 25.6 Å². The topological polar surface area (TPSA) is 69.6 Å². The van der Waals surface area contributed by atoms with Gasteiger partial charge < -0.3 is 15.3 Å². The minimum Gasteiger partial charge on any atom is -0.481 e. The molecule has 1 atom stereocenters. The monoisotopic (exact) mass is 298 g/mol. The highest BCUT2D eigenvalue weighted by atomic mass is 16.4. The molecule has 0 spiro atoms. The van der Waals surface area contributed by atoms with Crippen LogP contribution in [0, 0.1) is 5.92 Å². The van der Waals surface area contributed by atoms with E-state index in [4.69, 9.17) is 5.11 Å². The Hall–Kier alpha value is -1.26. The van der Waals surface area contributed by atoms with Gasteiger partial charge in [0.25, 0.3) is 0 Å². The summed E-state index contributed by atoms with van der Waals surface area (Å²) in [5.41, 5.74) is 0. The second kappa shape index (κ2) is 9.64. The smallest absolute Gasteiger partial charge is 0.317 e. The lowest BCUT2D eigenvalue weighted by molar-refractivity contribution is -0.138. The van der Waals surface area contributed by atoms with E-state index < -0.39 is 5.97 Å². The zero-order valence-electron chi connectivity index (χ0n) is 13.4. The van der Waals surface area contributed by atoms with Crippen molar-refractivity contribution in [3.63, 3.8) is 0 Å². The van der Waals surface area contributed by atoms with Gasteiger partial charge in [-0.3, -0.25) is 4.79 Å². The third kappa shape index (κ3) is 7.34. The molecule has 2 N–H and O–H groups in total. The number of aliphatic carboxylic acids is 1. The molecule has 5 heteroatoms. The molecule has 1 fully saturated rings. The summed E-state index contributed by atoms with van der Waals surface area (Å²) in [5.74, 6) is -0.517. The van der Waals surface area contributed by atoms with Gasteiger partial charge in [-0.15, -0.1) is 0 Å². The highest BCUT2D eigenvalue weighted by Gasteiger charge is 2.24. The highest BCUT2D eigenvalue weighted by molar-refractivity contribution is 5.74. The SMILES string of the molecule is CCCCCCC(C)NC(=O)N1CCC(CC(=O)O)CC1. The Kier molecular flexibility index (Phi) is 8.16. The molecule has 21 heavy (non-hydrogen) atoms. The van der Waals surface area contributed by atoms with E-state index >= 15 is 0 Å². The highest BCUT2D eigenvalue weighted by Crippen LogP contribution is 2.20. The molecule has 1 rings (SSSR count). The molecule has 0 aromatic heterocycles. The van der Waals surface area contributed by atoms with Crippen LogP contribution in [0.5, 0.6) is 0 Å². The number of carbonyl (C=O) groups excluding carboxylic acids is 1. The van der Waals surface area contributed by atoms with Crippen molar-refractivity contribution in [1.29, 1.82) is 0 Å². The largest absolute Gasteiger partial charge is 0.481 e. The molecule has 0 radical (unpaired) electrons. The summed E-state index contributed by atoms with van der Waals surface area (Å²) in [6, 6.07) is 0.220. The van der Waals surface area contributed by atoms with Gasteiger partial charge >= 0.3 is 12.0 Å². The number of nitrogens with zero attached hydrogens (tertiary/aromatic N) is 1. The van der Waals surface area contributed by atoms with Crippen LogP contribution in [0.4, 0.5) is 4.79 Å². The molecule has 2 amide bonds. The number of rotatable bonds is 8. The first-order chi connectivity index (χ1) is 10.0. The molecular weight excluding hydrogens is 268 g/mol. The Labute approximate surface area is 128 Å². The molecule has 1 unspecified atom stereocenters. The van der Waals surface area contributed by atoms with Gasteiger partial charge in [-0.25, -0.2) is 4.79 Å². The zero-order chi connectivity index (χ0) is 15.7. The Morgan fingerprint density at radius 1 is 1.24 bits per heavy atom. The van der Waals surface area contributed by atoms with Gasteiger partial charge in [-0.2, -0.15) is 0 Å². The maximum Gasteiger partial charge on any atom is 0.317 e. The lowest BCUT2D eigenvalue weighted by atomic mass is 9.94. The number of urea groups is 1. The summed E-state index contributed by atoms with van der Waals surface area (Å²) in [6.45, 7) is 5.60. The van der Waals surface area contributed by atoms with E-state index in [1.165, 1.54) is 19.3 Å². The van der Waals surface area contributed by atoms with Crippen molar-refractivity contribution in [2.45, 2.75) is 71.3 Å². The summed E-state index contributed by atoms with van der Waals surface area (Å²) in [7, 11) is 0. The van der Waals surface area contributed by atoms with Crippen LogP contribution in [0.15, 0.2) is 0 Å². The van der Waals surface area contributed by atoms with E-state index in [1.807, 2.05) is 4.90 Å². The number of likely N-dealkylation sites (tertiary alicyclic amines) is 1. The van der Waals surface area contributed by atoms with Crippen molar-refractivity contribution in [1.82, 2.24) is 10.2 Å². The van der Waals surface area contributed by atoms with Crippen LogP contribution < -0.4 is 5.32 Å². The van der Waals surface area contributed by atoms with E-state index in [9.17, 15) is 9.59 Å². The summed E-state index contributed by atoms with van der Waals surface area (Å²) in [6.07, 6.45) is 7.73. The van der Waals surface area contributed by atoms with Crippen LogP contribution in [0.25, 0.3) is 0 Å². The predicted molar refractivity (Wildman–Crippen MR) is 83.3 cm³/mol. The van der Waals surface area contributed by atoms with Crippen molar-refractivity contribution < 1.29 is 14.7 Å². The van der Waals surface area contributed by atoms with Crippen LogP contribution in [-0.4, -0.2) is 41.1 Å². The lowest BCUT2D eigenvalue weighted by Crippen LogP contribution is -2.47. The molecule has 122 valence electrons. The van der Waals surface area contributed by atoms with Gasteiger partial charge in [0.2, 0.25) is 0 Å². The fourth-order valence-corrected chi connectivity index (χ4v) is 2.84. The summed E-state index contributed by atoms with van der Waals surface area (Å²) in [4.78, 5) is 24.6. The van der Waals surface area contributed by atoms with Crippen LogP contribution in [-0.2, 0) is 4.79 Å². The normalized spacial score (nSPS) is 17.5. The molecule has 0 saturated carbocycles. The number of hydrogen-bond acceptors (Lipinski definition) is 2. The number of piperidine rings is 1. The number of carbonyl (C=O) groups is 2. The number of amides is 2. The van der Waals surface area contributed by atoms with E-state index in [2.05, 4.69) is 19.2 Å². The van der Waals surface area contributed by atoms with Crippen LogP contribution in [0.1, 0.15) is 65.2 Å². The van der Waals surface area contributed by atoms with E-state index in [0.29, 0.717) is 13.1 Å². The van der Waals surface area contributed by atoms with E-state index in [0.717, 1.165) is 25.7 Å². The van der Waals surface area contributed by atoms with Crippen molar-refractivity contribution >= 4 is 12.0 Å². The average Bonchev–Trinajstić information content (AvgIpc) is 2.43. The first-order valence-corrected chi connectivity index (χ1v) is 8.30. The van der Waals surface area contributed by atoms with Gasteiger partial charge in [-0.05, 0) is 32.1 Å². The zero-order valence-corrected chi connectivity index (χ0v) is 13.4. The standard InChI is InChI=1S/C16H30N2O3/c1-3-4-5-6-7-13(2)17-16(21)18-10-8-14(9-11-18)12-15(19)20/h13-14H,3-12H2,1-2H3,(H,17,21)(H,19,20). The van der Waals surface area contributed by atoms with Crippen LogP contribution in [0.2, 0.25) is 0 Å². The van der Waals surface area contributed by atoms with Gasteiger partial charge in [0.05, 0.1) is 0 Å². The third-order valence-corrected chi connectivity index (χ3v) is 4.23.